The second kappa shape index (κ2) is 6.91. The Morgan fingerprint density at radius 3 is 2.14 bits per heavy atom. The topological polar surface area (TPSA) is 86.7 Å². The quantitative estimate of drug-likeness (QED) is 0.810. The van der Waals surface area contributed by atoms with Crippen LogP contribution in [0.1, 0.15) is 45.4 Å². The zero-order valence-corrected chi connectivity index (χ0v) is 12.5. The molecule has 2 fully saturated rings. The smallest absolute Gasteiger partial charge is 0.306 e. The second-order valence-electron chi connectivity index (χ2n) is 6.16. The summed E-state index contributed by atoms with van der Waals surface area (Å²) < 4.78 is 0. The Balaban J connectivity index is 1.98. The molecule has 1 saturated heterocycles. The average molecular weight is 296 g/mol. The number of amides is 2. The molecule has 1 aliphatic heterocycles. The van der Waals surface area contributed by atoms with Gasteiger partial charge in [0, 0.05) is 20.0 Å². The van der Waals surface area contributed by atoms with Crippen LogP contribution in [-0.2, 0) is 14.4 Å². The molecule has 1 aliphatic carbocycles. The lowest BCUT2D eigenvalue weighted by molar-refractivity contribution is -0.146. The van der Waals surface area contributed by atoms with Gasteiger partial charge < -0.3 is 15.3 Å². The molecule has 6 heteroatoms. The summed E-state index contributed by atoms with van der Waals surface area (Å²) in [5.74, 6) is -1.13. The summed E-state index contributed by atoms with van der Waals surface area (Å²) in [4.78, 5) is 36.7. The number of hydrogen-bond donors (Lipinski definition) is 2. The number of rotatable bonds is 4. The van der Waals surface area contributed by atoms with Gasteiger partial charge in [-0.1, -0.05) is 12.8 Å². The number of piperidine rings is 1. The van der Waals surface area contributed by atoms with E-state index in [1.54, 1.807) is 4.90 Å². The summed E-state index contributed by atoms with van der Waals surface area (Å²) in [6, 6.07) is -0.439. The monoisotopic (exact) mass is 296 g/mol. The van der Waals surface area contributed by atoms with Crippen LogP contribution >= 0.6 is 0 Å². The van der Waals surface area contributed by atoms with Crippen molar-refractivity contribution >= 4 is 17.8 Å². The van der Waals surface area contributed by atoms with Gasteiger partial charge in [0.1, 0.15) is 6.04 Å². The molecular formula is C15H24N2O4. The van der Waals surface area contributed by atoms with E-state index in [4.69, 9.17) is 5.11 Å². The van der Waals surface area contributed by atoms with Crippen LogP contribution in [0.5, 0.6) is 0 Å². The number of nitrogens with zero attached hydrogens (tertiary/aromatic N) is 1. The van der Waals surface area contributed by atoms with Gasteiger partial charge in [0.15, 0.2) is 0 Å². The van der Waals surface area contributed by atoms with Crippen LogP contribution < -0.4 is 5.32 Å². The average Bonchev–Trinajstić information content (AvgIpc) is 2.98. The number of carboxylic acid groups (broad SMARTS) is 1. The SMILES string of the molecule is CC(=O)N[C@H](C(=O)N1CCC(C(=O)O)CC1)C1CCCC1. The van der Waals surface area contributed by atoms with Gasteiger partial charge in [0.25, 0.3) is 0 Å². The first-order valence-electron chi connectivity index (χ1n) is 7.77. The maximum absolute atomic E-state index is 12.7. The summed E-state index contributed by atoms with van der Waals surface area (Å²) in [6.45, 7) is 2.38. The fourth-order valence-electron chi connectivity index (χ4n) is 3.43. The Morgan fingerprint density at radius 2 is 1.67 bits per heavy atom. The number of hydrogen-bond acceptors (Lipinski definition) is 3. The maximum atomic E-state index is 12.7. The standard InChI is InChI=1S/C15H24N2O4/c1-10(18)16-13(11-4-2-3-5-11)14(19)17-8-6-12(7-9-17)15(20)21/h11-13H,2-9H2,1H3,(H,16,18)(H,20,21)/t13-/m0/s1. The van der Waals surface area contributed by atoms with Crippen LogP contribution in [0.4, 0.5) is 0 Å². The molecule has 2 amide bonds. The molecule has 0 aromatic carbocycles. The van der Waals surface area contributed by atoms with E-state index in [2.05, 4.69) is 5.32 Å². The zero-order valence-electron chi connectivity index (χ0n) is 12.5. The lowest BCUT2D eigenvalue weighted by Gasteiger charge is -2.34. The Labute approximate surface area is 124 Å². The number of carboxylic acids is 1. The minimum Gasteiger partial charge on any atom is -0.481 e. The van der Waals surface area contributed by atoms with Crippen molar-refractivity contribution in [1.29, 1.82) is 0 Å². The fraction of sp³-hybridized carbons (Fsp3) is 0.800. The number of aliphatic carboxylic acids is 1. The van der Waals surface area contributed by atoms with Crippen molar-refractivity contribution in [2.45, 2.75) is 51.5 Å². The Kier molecular flexibility index (Phi) is 5.20. The highest BCUT2D eigenvalue weighted by atomic mass is 16.4. The minimum atomic E-state index is -0.781. The van der Waals surface area contributed by atoms with Crippen molar-refractivity contribution in [3.63, 3.8) is 0 Å². The predicted octanol–water partition coefficient (Wildman–Crippen LogP) is 1.00. The van der Waals surface area contributed by atoms with E-state index >= 15 is 0 Å². The summed E-state index contributed by atoms with van der Waals surface area (Å²) in [5, 5.41) is 11.8. The van der Waals surface area contributed by atoms with E-state index in [1.165, 1.54) is 6.92 Å². The Bertz CT molecular complexity index is 410. The van der Waals surface area contributed by atoms with Gasteiger partial charge in [-0.25, -0.2) is 0 Å². The normalized spacial score (nSPS) is 22.0. The van der Waals surface area contributed by atoms with Crippen LogP contribution in [0.25, 0.3) is 0 Å². The maximum Gasteiger partial charge on any atom is 0.306 e. The van der Waals surface area contributed by atoms with Crippen molar-refractivity contribution in [3.8, 4) is 0 Å². The largest absolute Gasteiger partial charge is 0.481 e. The molecule has 0 spiro atoms. The van der Waals surface area contributed by atoms with Crippen LogP contribution in [0, 0.1) is 11.8 Å². The second-order valence-corrected chi connectivity index (χ2v) is 6.16. The van der Waals surface area contributed by atoms with Gasteiger partial charge in [0.05, 0.1) is 5.92 Å². The van der Waals surface area contributed by atoms with E-state index in [0.29, 0.717) is 25.9 Å². The molecule has 0 aromatic rings. The first-order chi connectivity index (χ1) is 9.99. The van der Waals surface area contributed by atoms with Crippen LogP contribution in [-0.4, -0.2) is 46.9 Å². The molecule has 0 radical (unpaired) electrons. The van der Waals surface area contributed by atoms with Crippen molar-refractivity contribution < 1.29 is 19.5 Å². The van der Waals surface area contributed by atoms with Gasteiger partial charge in [-0.3, -0.25) is 14.4 Å². The van der Waals surface area contributed by atoms with E-state index in [0.717, 1.165) is 25.7 Å². The van der Waals surface area contributed by atoms with Gasteiger partial charge >= 0.3 is 5.97 Å². The molecule has 118 valence electrons. The number of nitrogens with one attached hydrogen (secondary N) is 1. The molecule has 21 heavy (non-hydrogen) atoms. The molecule has 1 atom stereocenters. The first kappa shape index (κ1) is 15.8. The van der Waals surface area contributed by atoms with Gasteiger partial charge in [-0.05, 0) is 31.6 Å². The number of carbonyl (C=O) groups excluding carboxylic acids is 2. The molecule has 1 saturated carbocycles. The third-order valence-corrected chi connectivity index (χ3v) is 4.65. The first-order valence-corrected chi connectivity index (χ1v) is 7.77. The van der Waals surface area contributed by atoms with E-state index in [9.17, 15) is 14.4 Å². The van der Waals surface area contributed by atoms with Gasteiger partial charge in [-0.2, -0.15) is 0 Å². The van der Waals surface area contributed by atoms with Crippen molar-refractivity contribution in [2.24, 2.45) is 11.8 Å². The highest BCUT2D eigenvalue weighted by Gasteiger charge is 2.36. The van der Waals surface area contributed by atoms with Crippen LogP contribution in [0.3, 0.4) is 0 Å². The highest BCUT2D eigenvalue weighted by molar-refractivity contribution is 5.87. The third-order valence-electron chi connectivity index (χ3n) is 4.65. The summed E-state index contributed by atoms with van der Waals surface area (Å²) >= 11 is 0. The van der Waals surface area contributed by atoms with E-state index in [-0.39, 0.29) is 23.7 Å². The lowest BCUT2D eigenvalue weighted by Crippen LogP contribution is -2.53. The molecule has 0 aromatic heterocycles. The van der Waals surface area contributed by atoms with Crippen LogP contribution in [0.15, 0.2) is 0 Å². The Morgan fingerprint density at radius 1 is 1.10 bits per heavy atom. The molecule has 0 bridgehead atoms. The molecule has 2 rings (SSSR count). The lowest BCUT2D eigenvalue weighted by atomic mass is 9.93. The fourth-order valence-corrected chi connectivity index (χ4v) is 3.43. The molecule has 6 nitrogen and oxygen atoms in total. The number of likely N-dealkylation sites (tertiary alicyclic amines) is 1. The molecule has 1 heterocycles. The van der Waals surface area contributed by atoms with E-state index < -0.39 is 12.0 Å². The number of carbonyl (C=O) groups is 3. The van der Waals surface area contributed by atoms with E-state index in [1.807, 2.05) is 0 Å². The predicted molar refractivity (Wildman–Crippen MR) is 76.5 cm³/mol. The van der Waals surface area contributed by atoms with Crippen LogP contribution in [0.2, 0.25) is 0 Å². The van der Waals surface area contributed by atoms with Crippen molar-refractivity contribution in [1.82, 2.24) is 10.2 Å². The van der Waals surface area contributed by atoms with Gasteiger partial charge in [0.2, 0.25) is 11.8 Å². The molecule has 0 unspecified atom stereocenters. The zero-order chi connectivity index (χ0) is 15.4. The summed E-state index contributed by atoms with van der Waals surface area (Å²) in [6.07, 6.45) is 5.16. The molecule has 2 aliphatic rings. The summed E-state index contributed by atoms with van der Waals surface area (Å²) in [7, 11) is 0. The minimum absolute atomic E-state index is 0.0408. The highest BCUT2D eigenvalue weighted by Crippen LogP contribution is 2.29. The third kappa shape index (κ3) is 3.95. The summed E-state index contributed by atoms with van der Waals surface area (Å²) in [5.41, 5.74) is 0. The van der Waals surface area contributed by atoms with Gasteiger partial charge in [-0.15, -0.1) is 0 Å². The van der Waals surface area contributed by atoms with Crippen molar-refractivity contribution in [2.75, 3.05) is 13.1 Å². The Hall–Kier alpha value is -1.59. The molecule has 2 N–H and O–H groups in total. The van der Waals surface area contributed by atoms with Crippen molar-refractivity contribution in [3.05, 3.63) is 0 Å². The molecular weight excluding hydrogens is 272 g/mol.